The van der Waals surface area contributed by atoms with Crippen molar-refractivity contribution < 1.29 is 4.79 Å². The summed E-state index contributed by atoms with van der Waals surface area (Å²) in [5.41, 5.74) is 2.95. The van der Waals surface area contributed by atoms with Crippen LogP contribution in [0.2, 0.25) is 0 Å². The van der Waals surface area contributed by atoms with Gasteiger partial charge in [-0.1, -0.05) is 31.2 Å². The van der Waals surface area contributed by atoms with Gasteiger partial charge in [0, 0.05) is 19.6 Å². The molecule has 5 nitrogen and oxygen atoms in total. The van der Waals surface area contributed by atoms with E-state index >= 15 is 0 Å². The average molecular weight is 296 g/mol. The predicted molar refractivity (Wildman–Crippen MR) is 85.7 cm³/mol. The molecule has 2 heterocycles. The first-order valence-electron chi connectivity index (χ1n) is 7.70. The Morgan fingerprint density at radius 1 is 1.23 bits per heavy atom. The molecule has 0 saturated carbocycles. The predicted octanol–water partition coefficient (Wildman–Crippen LogP) is 2.50. The molecule has 0 saturated heterocycles. The Balaban J connectivity index is 1.69. The lowest BCUT2D eigenvalue weighted by Crippen LogP contribution is -2.36. The zero-order chi connectivity index (χ0) is 15.4. The number of anilines is 1. The summed E-state index contributed by atoms with van der Waals surface area (Å²) in [5.74, 6) is 0.659. The number of hydrogen-bond acceptors (Lipinski definition) is 4. The van der Waals surface area contributed by atoms with Gasteiger partial charge in [-0.05, 0) is 24.0 Å². The molecule has 5 heteroatoms. The van der Waals surface area contributed by atoms with Crippen molar-refractivity contribution in [3.8, 4) is 0 Å². The molecule has 1 aromatic heterocycles. The molecule has 0 unspecified atom stereocenters. The number of hydrogen-bond donors (Lipinski definition) is 1. The van der Waals surface area contributed by atoms with Gasteiger partial charge in [0.25, 0.3) is 5.91 Å². The maximum Gasteiger partial charge on any atom is 0.274 e. The summed E-state index contributed by atoms with van der Waals surface area (Å²) in [6, 6.07) is 8.27. The lowest BCUT2D eigenvalue weighted by Gasteiger charge is -2.28. The van der Waals surface area contributed by atoms with E-state index in [0.29, 0.717) is 18.1 Å². The molecule has 1 N–H and O–H groups in total. The highest BCUT2D eigenvalue weighted by atomic mass is 16.2. The number of amides is 1. The maximum atomic E-state index is 12.5. The van der Waals surface area contributed by atoms with Gasteiger partial charge in [-0.3, -0.25) is 4.79 Å². The zero-order valence-corrected chi connectivity index (χ0v) is 12.7. The number of rotatable bonds is 4. The standard InChI is InChI=1S/C17H20N4O/c1-2-8-18-16-11-19-15(10-20-16)17(22)21-9-7-13-5-3-4-6-14(13)12-21/h3-6,10-11H,2,7-9,12H2,1H3,(H,18,20). The van der Waals surface area contributed by atoms with Crippen LogP contribution in [-0.4, -0.2) is 33.9 Å². The Labute approximate surface area is 130 Å². The highest BCUT2D eigenvalue weighted by Crippen LogP contribution is 2.19. The van der Waals surface area contributed by atoms with Crippen molar-refractivity contribution >= 4 is 11.7 Å². The molecule has 2 aromatic rings. The number of carbonyl (C=O) groups is 1. The third-order valence-corrected chi connectivity index (χ3v) is 3.84. The first-order chi connectivity index (χ1) is 10.8. The Bertz CT molecular complexity index is 654. The molecular formula is C17H20N4O. The molecule has 3 rings (SSSR count). The lowest BCUT2D eigenvalue weighted by molar-refractivity contribution is 0.0728. The van der Waals surface area contributed by atoms with Crippen LogP contribution in [-0.2, 0) is 13.0 Å². The van der Waals surface area contributed by atoms with E-state index in [1.54, 1.807) is 12.4 Å². The minimum atomic E-state index is -0.0518. The molecule has 22 heavy (non-hydrogen) atoms. The summed E-state index contributed by atoms with van der Waals surface area (Å²) in [6.07, 6.45) is 5.10. The number of aromatic nitrogens is 2. The van der Waals surface area contributed by atoms with Crippen molar-refractivity contribution in [2.45, 2.75) is 26.3 Å². The van der Waals surface area contributed by atoms with Crippen molar-refractivity contribution in [3.63, 3.8) is 0 Å². The molecule has 0 spiro atoms. The van der Waals surface area contributed by atoms with E-state index in [9.17, 15) is 4.79 Å². The lowest BCUT2D eigenvalue weighted by atomic mass is 10.00. The van der Waals surface area contributed by atoms with Crippen LogP contribution >= 0.6 is 0 Å². The van der Waals surface area contributed by atoms with Gasteiger partial charge in [0.15, 0.2) is 0 Å². The van der Waals surface area contributed by atoms with Crippen molar-refractivity contribution in [1.82, 2.24) is 14.9 Å². The zero-order valence-electron chi connectivity index (χ0n) is 12.7. The first kappa shape index (κ1) is 14.5. The Kier molecular flexibility index (Phi) is 4.32. The topological polar surface area (TPSA) is 58.1 Å². The van der Waals surface area contributed by atoms with Gasteiger partial charge in [0.2, 0.25) is 0 Å². The second-order valence-corrected chi connectivity index (χ2v) is 5.46. The van der Waals surface area contributed by atoms with E-state index in [2.05, 4.69) is 34.3 Å². The van der Waals surface area contributed by atoms with Crippen LogP contribution in [0, 0.1) is 0 Å². The Morgan fingerprint density at radius 3 is 2.77 bits per heavy atom. The highest BCUT2D eigenvalue weighted by molar-refractivity contribution is 5.92. The monoisotopic (exact) mass is 296 g/mol. The molecule has 1 aliphatic heterocycles. The molecule has 0 atom stereocenters. The molecular weight excluding hydrogens is 276 g/mol. The molecule has 0 bridgehead atoms. The molecule has 114 valence electrons. The van der Waals surface area contributed by atoms with Gasteiger partial charge in [-0.15, -0.1) is 0 Å². The SMILES string of the molecule is CCCNc1cnc(C(=O)N2CCc3ccccc3C2)cn1. The van der Waals surface area contributed by atoms with E-state index in [1.165, 1.54) is 11.1 Å². The minimum absolute atomic E-state index is 0.0518. The number of nitrogens with zero attached hydrogens (tertiary/aromatic N) is 3. The normalized spacial score (nSPS) is 13.6. The fourth-order valence-electron chi connectivity index (χ4n) is 2.61. The van der Waals surface area contributed by atoms with Gasteiger partial charge in [-0.2, -0.15) is 0 Å². The number of carbonyl (C=O) groups excluding carboxylic acids is 1. The van der Waals surface area contributed by atoms with Crippen LogP contribution in [0.15, 0.2) is 36.7 Å². The maximum absolute atomic E-state index is 12.5. The third kappa shape index (κ3) is 3.08. The van der Waals surface area contributed by atoms with Crippen molar-refractivity contribution in [2.24, 2.45) is 0 Å². The van der Waals surface area contributed by atoms with Crippen molar-refractivity contribution in [3.05, 3.63) is 53.5 Å². The largest absolute Gasteiger partial charge is 0.369 e. The number of benzene rings is 1. The van der Waals surface area contributed by atoms with E-state index in [4.69, 9.17) is 0 Å². The minimum Gasteiger partial charge on any atom is -0.369 e. The van der Waals surface area contributed by atoms with Crippen LogP contribution < -0.4 is 5.32 Å². The summed E-state index contributed by atoms with van der Waals surface area (Å²) in [5, 5.41) is 3.15. The smallest absolute Gasteiger partial charge is 0.274 e. The molecule has 0 fully saturated rings. The van der Waals surface area contributed by atoms with Gasteiger partial charge in [-0.25, -0.2) is 9.97 Å². The van der Waals surface area contributed by atoms with E-state index in [1.807, 2.05) is 17.0 Å². The van der Waals surface area contributed by atoms with Crippen molar-refractivity contribution in [2.75, 3.05) is 18.4 Å². The van der Waals surface area contributed by atoms with Gasteiger partial charge in [0.1, 0.15) is 11.5 Å². The van der Waals surface area contributed by atoms with E-state index in [0.717, 1.165) is 25.9 Å². The molecule has 0 aliphatic carbocycles. The second kappa shape index (κ2) is 6.56. The number of fused-ring (bicyclic) bond motifs is 1. The fraction of sp³-hybridized carbons (Fsp3) is 0.353. The third-order valence-electron chi connectivity index (χ3n) is 3.84. The van der Waals surface area contributed by atoms with Crippen LogP contribution in [0.1, 0.15) is 35.0 Å². The number of nitrogens with one attached hydrogen (secondary N) is 1. The Morgan fingerprint density at radius 2 is 2.05 bits per heavy atom. The molecule has 1 aliphatic rings. The summed E-state index contributed by atoms with van der Waals surface area (Å²) >= 11 is 0. The second-order valence-electron chi connectivity index (χ2n) is 5.46. The fourth-order valence-corrected chi connectivity index (χ4v) is 2.61. The van der Waals surface area contributed by atoms with Crippen LogP contribution in [0.25, 0.3) is 0 Å². The quantitative estimate of drug-likeness (QED) is 0.942. The summed E-state index contributed by atoms with van der Waals surface area (Å²) in [4.78, 5) is 22.9. The van der Waals surface area contributed by atoms with Crippen LogP contribution in [0.3, 0.4) is 0 Å². The summed E-state index contributed by atoms with van der Waals surface area (Å²) < 4.78 is 0. The molecule has 1 amide bonds. The van der Waals surface area contributed by atoms with Crippen LogP contribution in [0.4, 0.5) is 5.82 Å². The highest BCUT2D eigenvalue weighted by Gasteiger charge is 2.22. The van der Waals surface area contributed by atoms with Gasteiger partial charge in [0.05, 0.1) is 12.4 Å². The van der Waals surface area contributed by atoms with Crippen molar-refractivity contribution in [1.29, 1.82) is 0 Å². The summed E-state index contributed by atoms with van der Waals surface area (Å²) in [6.45, 7) is 4.32. The van der Waals surface area contributed by atoms with Gasteiger partial charge < -0.3 is 10.2 Å². The first-order valence-corrected chi connectivity index (χ1v) is 7.70. The average Bonchev–Trinajstić information content (AvgIpc) is 2.59. The Hall–Kier alpha value is -2.43. The van der Waals surface area contributed by atoms with E-state index in [-0.39, 0.29) is 5.91 Å². The summed E-state index contributed by atoms with van der Waals surface area (Å²) in [7, 11) is 0. The van der Waals surface area contributed by atoms with Crippen LogP contribution in [0.5, 0.6) is 0 Å². The molecule has 0 radical (unpaired) electrons. The van der Waals surface area contributed by atoms with E-state index < -0.39 is 0 Å². The van der Waals surface area contributed by atoms with Gasteiger partial charge >= 0.3 is 0 Å². The molecule has 1 aromatic carbocycles.